The van der Waals surface area contributed by atoms with Crippen molar-refractivity contribution in [1.29, 1.82) is 0 Å². The average molecular weight is 403 g/mol. The van der Waals surface area contributed by atoms with E-state index in [1.807, 2.05) is 18.2 Å². The molecule has 2 aromatic rings. The lowest BCUT2D eigenvalue weighted by Crippen LogP contribution is -2.34. The minimum Gasteiger partial charge on any atom is -0.493 e. The summed E-state index contributed by atoms with van der Waals surface area (Å²) >= 11 is 5.90. The molecule has 0 saturated carbocycles. The van der Waals surface area contributed by atoms with E-state index in [4.69, 9.17) is 32.2 Å². The van der Waals surface area contributed by atoms with Crippen molar-refractivity contribution in [2.75, 3.05) is 39.2 Å². The van der Waals surface area contributed by atoms with E-state index in [0.29, 0.717) is 35.2 Å². The van der Waals surface area contributed by atoms with Gasteiger partial charge in [0, 0.05) is 29.9 Å². The highest BCUT2D eigenvalue weighted by molar-refractivity contribution is 6.30. The molecule has 0 radical (unpaired) electrons. The van der Waals surface area contributed by atoms with Crippen molar-refractivity contribution in [1.82, 2.24) is 5.32 Å². The van der Waals surface area contributed by atoms with Crippen LogP contribution in [0.4, 0.5) is 5.69 Å². The van der Waals surface area contributed by atoms with Gasteiger partial charge in [0.15, 0.2) is 17.6 Å². The quantitative estimate of drug-likeness (QED) is 0.471. The number of halogens is 1. The highest BCUT2D eigenvalue weighted by Crippen LogP contribution is 2.29. The number of carbonyl (C=O) groups is 1. The average Bonchev–Trinajstić information content (AvgIpc) is 2.72. The molecule has 6 nitrogen and oxygen atoms in total. The molecular weight excluding hydrogens is 380 g/mol. The molecule has 0 aliphatic carbocycles. The summed E-state index contributed by atoms with van der Waals surface area (Å²) in [5, 5.41) is 6.64. The molecule has 28 heavy (non-hydrogen) atoms. The van der Waals surface area contributed by atoms with Gasteiger partial charge in [0.1, 0.15) is 6.61 Å². The van der Waals surface area contributed by atoms with Crippen LogP contribution in [-0.4, -0.2) is 39.8 Å². The van der Waals surface area contributed by atoms with Gasteiger partial charge < -0.3 is 24.8 Å². The standard InChI is InChI=1S/C21H23ClN2O4/c1-4-13-28-20(15-5-7-16(22)8-6-15)21(25)24-12-11-23-17-9-10-18(26-2)19(14-17)27-3/h1,5-10,14,20,23H,11-13H2,2-3H3,(H,24,25). The first-order valence-electron chi connectivity index (χ1n) is 8.63. The van der Waals surface area contributed by atoms with Crippen molar-refractivity contribution in [3.05, 3.63) is 53.1 Å². The maximum absolute atomic E-state index is 12.5. The van der Waals surface area contributed by atoms with Gasteiger partial charge in [-0.05, 0) is 29.8 Å². The topological polar surface area (TPSA) is 68.8 Å². The summed E-state index contributed by atoms with van der Waals surface area (Å²) in [7, 11) is 3.16. The van der Waals surface area contributed by atoms with Crippen LogP contribution >= 0.6 is 11.6 Å². The number of hydrogen-bond acceptors (Lipinski definition) is 5. The summed E-state index contributed by atoms with van der Waals surface area (Å²) in [6, 6.07) is 12.4. The molecule has 0 aliphatic rings. The van der Waals surface area contributed by atoms with Crippen LogP contribution in [0.1, 0.15) is 11.7 Å². The fourth-order valence-corrected chi connectivity index (χ4v) is 2.65. The Bertz CT molecular complexity index is 818. The minimum absolute atomic E-state index is 0.0323. The first-order valence-corrected chi connectivity index (χ1v) is 9.01. The third-order valence-corrected chi connectivity index (χ3v) is 4.13. The van der Waals surface area contributed by atoms with Crippen LogP contribution in [0.15, 0.2) is 42.5 Å². The molecule has 1 amide bonds. The molecule has 2 N–H and O–H groups in total. The van der Waals surface area contributed by atoms with Crippen LogP contribution in [0.25, 0.3) is 0 Å². The first kappa shape index (κ1) is 21.4. The summed E-state index contributed by atoms with van der Waals surface area (Å²) in [5.41, 5.74) is 1.54. The van der Waals surface area contributed by atoms with E-state index in [2.05, 4.69) is 16.6 Å². The van der Waals surface area contributed by atoms with E-state index in [9.17, 15) is 4.79 Å². The molecule has 0 fully saturated rings. The van der Waals surface area contributed by atoms with Gasteiger partial charge in [0.25, 0.3) is 5.91 Å². The van der Waals surface area contributed by atoms with Crippen molar-refractivity contribution in [2.45, 2.75) is 6.10 Å². The van der Waals surface area contributed by atoms with Gasteiger partial charge in [-0.15, -0.1) is 6.42 Å². The van der Waals surface area contributed by atoms with Crippen molar-refractivity contribution < 1.29 is 19.0 Å². The Kier molecular flexibility index (Phi) is 8.47. The molecule has 0 aliphatic heterocycles. The Morgan fingerprint density at radius 2 is 1.82 bits per heavy atom. The van der Waals surface area contributed by atoms with E-state index < -0.39 is 6.10 Å². The number of anilines is 1. The molecule has 148 valence electrons. The predicted molar refractivity (Wildman–Crippen MR) is 110 cm³/mol. The van der Waals surface area contributed by atoms with E-state index >= 15 is 0 Å². The highest BCUT2D eigenvalue weighted by atomic mass is 35.5. The lowest BCUT2D eigenvalue weighted by atomic mass is 10.1. The number of methoxy groups -OCH3 is 2. The second-order valence-corrected chi connectivity index (χ2v) is 6.17. The van der Waals surface area contributed by atoms with Gasteiger partial charge in [-0.2, -0.15) is 0 Å². The molecule has 0 spiro atoms. The largest absolute Gasteiger partial charge is 0.493 e. The second kappa shape index (κ2) is 11.1. The third kappa shape index (κ3) is 6.08. The summed E-state index contributed by atoms with van der Waals surface area (Å²) in [6.07, 6.45) is 4.46. The molecule has 0 bridgehead atoms. The Morgan fingerprint density at radius 3 is 2.46 bits per heavy atom. The van der Waals surface area contributed by atoms with Crippen molar-refractivity contribution >= 4 is 23.2 Å². The molecule has 1 atom stereocenters. The lowest BCUT2D eigenvalue weighted by Gasteiger charge is -2.17. The molecule has 7 heteroatoms. The van der Waals surface area contributed by atoms with Crippen LogP contribution in [0.2, 0.25) is 5.02 Å². The Labute approximate surface area is 170 Å². The first-order chi connectivity index (χ1) is 13.6. The maximum atomic E-state index is 12.5. The van der Waals surface area contributed by atoms with Crippen LogP contribution in [0, 0.1) is 12.3 Å². The van der Waals surface area contributed by atoms with Crippen LogP contribution in [0.5, 0.6) is 11.5 Å². The van der Waals surface area contributed by atoms with Gasteiger partial charge in [0.05, 0.1) is 14.2 Å². The number of terminal acetylenes is 1. The molecular formula is C21H23ClN2O4. The number of ether oxygens (including phenoxy) is 3. The number of carbonyl (C=O) groups excluding carboxylic acids is 1. The number of amides is 1. The second-order valence-electron chi connectivity index (χ2n) is 5.73. The zero-order valence-corrected chi connectivity index (χ0v) is 16.6. The van der Waals surface area contributed by atoms with Crippen molar-refractivity contribution in [3.63, 3.8) is 0 Å². The van der Waals surface area contributed by atoms with Gasteiger partial charge in [0.2, 0.25) is 0 Å². The Balaban J connectivity index is 1.90. The Hall–Kier alpha value is -2.88. The van der Waals surface area contributed by atoms with Crippen molar-refractivity contribution in [3.8, 4) is 23.8 Å². The zero-order valence-electron chi connectivity index (χ0n) is 15.8. The number of benzene rings is 2. The smallest absolute Gasteiger partial charge is 0.253 e. The van der Waals surface area contributed by atoms with Gasteiger partial charge in [-0.1, -0.05) is 29.7 Å². The van der Waals surface area contributed by atoms with Crippen molar-refractivity contribution in [2.24, 2.45) is 0 Å². The van der Waals surface area contributed by atoms with Crippen LogP contribution in [-0.2, 0) is 9.53 Å². The molecule has 1 unspecified atom stereocenters. The predicted octanol–water partition coefficient (Wildman–Crippen LogP) is 3.28. The van der Waals surface area contributed by atoms with E-state index in [-0.39, 0.29) is 12.5 Å². The highest BCUT2D eigenvalue weighted by Gasteiger charge is 2.20. The van der Waals surface area contributed by atoms with E-state index in [0.717, 1.165) is 5.69 Å². The van der Waals surface area contributed by atoms with Gasteiger partial charge in [-0.25, -0.2) is 0 Å². The normalized spacial score (nSPS) is 11.2. The van der Waals surface area contributed by atoms with Crippen LogP contribution in [0.3, 0.4) is 0 Å². The summed E-state index contributed by atoms with van der Waals surface area (Å²) in [6.45, 7) is 0.949. The SMILES string of the molecule is C#CCOC(C(=O)NCCNc1ccc(OC)c(OC)c1)c1ccc(Cl)cc1. The van der Waals surface area contributed by atoms with E-state index in [1.54, 1.807) is 38.5 Å². The lowest BCUT2D eigenvalue weighted by molar-refractivity contribution is -0.132. The minimum atomic E-state index is -0.797. The molecule has 0 heterocycles. The van der Waals surface area contributed by atoms with Gasteiger partial charge in [-0.3, -0.25) is 4.79 Å². The van der Waals surface area contributed by atoms with Gasteiger partial charge >= 0.3 is 0 Å². The number of nitrogens with one attached hydrogen (secondary N) is 2. The third-order valence-electron chi connectivity index (χ3n) is 3.88. The fourth-order valence-electron chi connectivity index (χ4n) is 2.52. The Morgan fingerprint density at radius 1 is 1.11 bits per heavy atom. The summed E-state index contributed by atoms with van der Waals surface area (Å²) in [4.78, 5) is 12.5. The fraction of sp³-hybridized carbons (Fsp3) is 0.286. The van der Waals surface area contributed by atoms with Crippen LogP contribution < -0.4 is 20.1 Å². The summed E-state index contributed by atoms with van der Waals surface area (Å²) < 4.78 is 16.0. The number of hydrogen-bond donors (Lipinski definition) is 2. The molecule has 0 saturated heterocycles. The van der Waals surface area contributed by atoms with E-state index in [1.165, 1.54) is 0 Å². The zero-order chi connectivity index (χ0) is 20.4. The molecule has 2 rings (SSSR count). The monoisotopic (exact) mass is 402 g/mol. The maximum Gasteiger partial charge on any atom is 0.253 e. The number of rotatable bonds is 10. The molecule has 2 aromatic carbocycles. The summed E-state index contributed by atoms with van der Waals surface area (Å²) in [5.74, 6) is 3.39. The molecule has 0 aromatic heterocycles.